The molecule has 102 valence electrons. The topological polar surface area (TPSA) is 55.6 Å². The minimum absolute atomic E-state index is 0.0705. The Labute approximate surface area is 109 Å². The van der Waals surface area contributed by atoms with E-state index >= 15 is 0 Å². The van der Waals surface area contributed by atoms with Crippen LogP contribution < -0.4 is 5.73 Å². The Balaban J connectivity index is 1.78. The quantitative estimate of drug-likeness (QED) is 0.757. The third kappa shape index (κ3) is 1.77. The van der Waals surface area contributed by atoms with Crippen LogP contribution in [0.15, 0.2) is 0 Å². The van der Waals surface area contributed by atoms with E-state index in [1.165, 1.54) is 19.3 Å². The molecular formula is C14H24N2O2. The number of ether oxygens (including phenoxy) is 1. The summed E-state index contributed by atoms with van der Waals surface area (Å²) >= 11 is 0. The van der Waals surface area contributed by atoms with Crippen molar-refractivity contribution in [3.63, 3.8) is 0 Å². The summed E-state index contributed by atoms with van der Waals surface area (Å²) < 4.78 is 5.49. The predicted octanol–water partition coefficient (Wildman–Crippen LogP) is 0.997. The number of hydrogen-bond acceptors (Lipinski definition) is 3. The van der Waals surface area contributed by atoms with E-state index in [4.69, 9.17) is 10.5 Å². The van der Waals surface area contributed by atoms with Crippen molar-refractivity contribution in [3.8, 4) is 0 Å². The Morgan fingerprint density at radius 3 is 2.67 bits per heavy atom. The number of nitrogens with two attached hydrogens (primary N) is 1. The van der Waals surface area contributed by atoms with Crippen LogP contribution in [0.2, 0.25) is 0 Å². The lowest BCUT2D eigenvalue weighted by atomic mass is 9.83. The summed E-state index contributed by atoms with van der Waals surface area (Å²) in [7, 11) is 0. The van der Waals surface area contributed by atoms with Gasteiger partial charge in [-0.3, -0.25) is 4.79 Å². The second kappa shape index (κ2) is 4.20. The van der Waals surface area contributed by atoms with E-state index in [1.54, 1.807) is 0 Å². The van der Waals surface area contributed by atoms with Gasteiger partial charge in [0.05, 0.1) is 24.7 Å². The molecule has 2 N–H and O–H groups in total. The van der Waals surface area contributed by atoms with E-state index in [2.05, 4.69) is 13.8 Å². The maximum absolute atomic E-state index is 12.8. The highest BCUT2D eigenvalue weighted by Crippen LogP contribution is 2.48. The Bertz CT molecular complexity index is 350. The molecule has 4 unspecified atom stereocenters. The fraction of sp³-hybridized carbons (Fsp3) is 0.929. The summed E-state index contributed by atoms with van der Waals surface area (Å²) in [6.45, 7) is 6.18. The van der Waals surface area contributed by atoms with Crippen molar-refractivity contribution in [3.05, 3.63) is 0 Å². The van der Waals surface area contributed by atoms with Crippen LogP contribution in [0, 0.1) is 17.8 Å². The number of morpholine rings is 1. The van der Waals surface area contributed by atoms with Crippen LogP contribution >= 0.6 is 0 Å². The van der Waals surface area contributed by atoms with E-state index in [0.29, 0.717) is 31.6 Å². The van der Waals surface area contributed by atoms with Crippen LogP contribution in [0.3, 0.4) is 0 Å². The standard InChI is InChI=1S/C14H24N2O2/c1-14(2)8-18-6-5-16(14)13(17)11-9-3-4-10(7-9)12(11)15/h9-12H,3-8,15H2,1-2H3. The second-order valence-corrected chi connectivity index (χ2v) is 6.79. The maximum atomic E-state index is 12.8. The Morgan fingerprint density at radius 2 is 2.06 bits per heavy atom. The van der Waals surface area contributed by atoms with Crippen molar-refractivity contribution in [1.82, 2.24) is 4.90 Å². The van der Waals surface area contributed by atoms with Crippen molar-refractivity contribution < 1.29 is 9.53 Å². The van der Waals surface area contributed by atoms with Gasteiger partial charge in [0, 0.05) is 12.6 Å². The van der Waals surface area contributed by atoms with Crippen molar-refractivity contribution in [2.24, 2.45) is 23.5 Å². The smallest absolute Gasteiger partial charge is 0.228 e. The first-order chi connectivity index (χ1) is 8.50. The SMILES string of the molecule is CC1(C)COCCN1C(=O)C1C2CCC(C2)C1N. The predicted molar refractivity (Wildman–Crippen MR) is 68.9 cm³/mol. The van der Waals surface area contributed by atoms with Crippen molar-refractivity contribution in [2.45, 2.75) is 44.7 Å². The first-order valence-corrected chi connectivity index (χ1v) is 7.15. The molecule has 0 aromatic heterocycles. The number of carbonyl (C=O) groups is 1. The first kappa shape index (κ1) is 12.4. The highest BCUT2D eigenvalue weighted by atomic mass is 16.5. The summed E-state index contributed by atoms with van der Waals surface area (Å²) in [5.74, 6) is 1.48. The first-order valence-electron chi connectivity index (χ1n) is 7.15. The van der Waals surface area contributed by atoms with E-state index in [1.807, 2.05) is 4.90 Å². The average Bonchev–Trinajstić information content (AvgIpc) is 2.88. The lowest BCUT2D eigenvalue weighted by Crippen LogP contribution is -2.59. The molecule has 2 saturated carbocycles. The molecule has 3 fully saturated rings. The van der Waals surface area contributed by atoms with Crippen LogP contribution in [0.25, 0.3) is 0 Å². The minimum Gasteiger partial charge on any atom is -0.377 e. The van der Waals surface area contributed by atoms with Crippen molar-refractivity contribution >= 4 is 5.91 Å². The molecule has 0 radical (unpaired) electrons. The van der Waals surface area contributed by atoms with E-state index < -0.39 is 0 Å². The van der Waals surface area contributed by atoms with Gasteiger partial charge in [-0.2, -0.15) is 0 Å². The number of carbonyl (C=O) groups excluding carboxylic acids is 1. The number of rotatable bonds is 1. The number of nitrogens with zero attached hydrogens (tertiary/aromatic N) is 1. The fourth-order valence-electron chi connectivity index (χ4n) is 4.15. The summed E-state index contributed by atoms with van der Waals surface area (Å²) in [5, 5.41) is 0. The summed E-state index contributed by atoms with van der Waals surface area (Å²) in [6, 6.07) is 0.0925. The van der Waals surface area contributed by atoms with Gasteiger partial charge in [-0.25, -0.2) is 0 Å². The molecule has 0 spiro atoms. The average molecular weight is 252 g/mol. The van der Waals surface area contributed by atoms with Crippen LogP contribution in [-0.2, 0) is 9.53 Å². The van der Waals surface area contributed by atoms with Crippen LogP contribution in [-0.4, -0.2) is 42.1 Å². The highest BCUT2D eigenvalue weighted by Gasteiger charge is 2.51. The molecule has 1 heterocycles. The summed E-state index contributed by atoms with van der Waals surface area (Å²) in [6.07, 6.45) is 3.59. The molecule has 4 nitrogen and oxygen atoms in total. The Hall–Kier alpha value is -0.610. The highest BCUT2D eigenvalue weighted by molar-refractivity contribution is 5.81. The van der Waals surface area contributed by atoms with Crippen LogP contribution in [0.4, 0.5) is 0 Å². The van der Waals surface area contributed by atoms with Gasteiger partial charge in [-0.1, -0.05) is 0 Å². The minimum atomic E-state index is -0.184. The monoisotopic (exact) mass is 252 g/mol. The molecule has 3 aliphatic rings. The molecule has 1 aliphatic heterocycles. The van der Waals surface area contributed by atoms with E-state index in [9.17, 15) is 4.79 Å². The van der Waals surface area contributed by atoms with Gasteiger partial charge in [0.1, 0.15) is 0 Å². The zero-order valence-electron chi connectivity index (χ0n) is 11.4. The molecule has 2 bridgehead atoms. The lowest BCUT2D eigenvalue weighted by molar-refractivity contribution is -0.153. The Morgan fingerprint density at radius 1 is 1.33 bits per heavy atom. The number of fused-ring (bicyclic) bond motifs is 2. The molecule has 2 aliphatic carbocycles. The van der Waals surface area contributed by atoms with E-state index in [-0.39, 0.29) is 23.4 Å². The molecular weight excluding hydrogens is 228 g/mol. The Kier molecular flexibility index (Phi) is 2.90. The molecule has 18 heavy (non-hydrogen) atoms. The summed E-state index contributed by atoms with van der Waals surface area (Å²) in [5.41, 5.74) is 6.10. The molecule has 1 amide bonds. The molecule has 1 saturated heterocycles. The fourth-order valence-corrected chi connectivity index (χ4v) is 4.15. The molecule has 3 rings (SSSR count). The van der Waals surface area contributed by atoms with Crippen molar-refractivity contribution in [1.29, 1.82) is 0 Å². The molecule has 4 heteroatoms. The zero-order valence-corrected chi connectivity index (χ0v) is 11.4. The van der Waals surface area contributed by atoms with Gasteiger partial charge in [0.15, 0.2) is 0 Å². The van der Waals surface area contributed by atoms with Crippen LogP contribution in [0.5, 0.6) is 0 Å². The van der Waals surface area contributed by atoms with Crippen LogP contribution in [0.1, 0.15) is 33.1 Å². The van der Waals surface area contributed by atoms with Gasteiger partial charge < -0.3 is 15.4 Å². The molecule has 4 atom stereocenters. The number of amides is 1. The third-order valence-corrected chi connectivity index (χ3v) is 5.18. The maximum Gasteiger partial charge on any atom is 0.228 e. The lowest BCUT2D eigenvalue weighted by Gasteiger charge is -2.45. The van der Waals surface area contributed by atoms with Gasteiger partial charge >= 0.3 is 0 Å². The van der Waals surface area contributed by atoms with Gasteiger partial charge in [-0.05, 0) is 44.9 Å². The normalized spacial score (nSPS) is 42.3. The summed E-state index contributed by atoms with van der Waals surface area (Å²) in [4.78, 5) is 14.8. The van der Waals surface area contributed by atoms with Gasteiger partial charge in [0.25, 0.3) is 0 Å². The van der Waals surface area contributed by atoms with Gasteiger partial charge in [-0.15, -0.1) is 0 Å². The zero-order chi connectivity index (χ0) is 12.9. The number of hydrogen-bond donors (Lipinski definition) is 1. The molecule has 0 aromatic carbocycles. The third-order valence-electron chi connectivity index (χ3n) is 5.18. The van der Waals surface area contributed by atoms with Gasteiger partial charge in [0.2, 0.25) is 5.91 Å². The van der Waals surface area contributed by atoms with E-state index in [0.717, 1.165) is 0 Å². The van der Waals surface area contributed by atoms with Crippen molar-refractivity contribution in [2.75, 3.05) is 19.8 Å². The second-order valence-electron chi connectivity index (χ2n) is 6.79. The largest absolute Gasteiger partial charge is 0.377 e. The molecule has 0 aromatic rings.